The van der Waals surface area contributed by atoms with Gasteiger partial charge in [0.1, 0.15) is 11.8 Å². The monoisotopic (exact) mass is 283 g/mol. The minimum atomic E-state index is -1.43. The number of benzene rings is 1. The molecule has 8 nitrogen and oxygen atoms in total. The van der Waals surface area contributed by atoms with Gasteiger partial charge in [-0.1, -0.05) is 6.07 Å². The molecular formula is C12H17N3O5. The molecule has 0 fully saturated rings. The summed E-state index contributed by atoms with van der Waals surface area (Å²) in [5.74, 6) is -0.793. The molecule has 0 heterocycles. The van der Waals surface area contributed by atoms with Gasteiger partial charge in [0.25, 0.3) is 0 Å². The quantitative estimate of drug-likeness (QED) is 0.497. The van der Waals surface area contributed by atoms with E-state index in [1.807, 2.05) is 0 Å². The summed E-state index contributed by atoms with van der Waals surface area (Å²) in [5.41, 5.74) is 4.80. The number of primary amides is 1. The summed E-state index contributed by atoms with van der Waals surface area (Å²) in [6, 6.07) is 4.51. The van der Waals surface area contributed by atoms with Crippen LogP contribution in [0.25, 0.3) is 0 Å². The Bertz CT molecular complexity index is 504. The SMILES string of the molecule is CC(C)Oc1cccc(NCC(O)C(N)=O)c1[N+](=O)[O-]. The molecule has 110 valence electrons. The number of carbonyl (C=O) groups excluding carboxylic acids is 1. The van der Waals surface area contributed by atoms with Crippen molar-refractivity contribution in [2.75, 3.05) is 11.9 Å². The predicted molar refractivity (Wildman–Crippen MR) is 72.6 cm³/mol. The largest absolute Gasteiger partial charge is 0.484 e. The lowest BCUT2D eigenvalue weighted by atomic mass is 10.2. The van der Waals surface area contributed by atoms with Gasteiger partial charge in [-0.2, -0.15) is 0 Å². The number of carbonyl (C=O) groups is 1. The van der Waals surface area contributed by atoms with Gasteiger partial charge in [-0.25, -0.2) is 0 Å². The molecule has 1 aromatic rings. The first kappa shape index (κ1) is 15.7. The number of nitrogens with one attached hydrogen (secondary N) is 1. The van der Waals surface area contributed by atoms with Gasteiger partial charge in [0.05, 0.1) is 17.6 Å². The molecule has 0 spiro atoms. The Morgan fingerprint density at radius 1 is 1.55 bits per heavy atom. The number of nitrogens with zero attached hydrogens (tertiary/aromatic N) is 1. The van der Waals surface area contributed by atoms with Gasteiger partial charge in [0.15, 0.2) is 5.75 Å². The molecule has 1 atom stereocenters. The Labute approximate surface area is 115 Å². The molecule has 0 radical (unpaired) electrons. The van der Waals surface area contributed by atoms with Crippen molar-refractivity contribution >= 4 is 17.3 Å². The number of hydrogen-bond donors (Lipinski definition) is 3. The summed E-state index contributed by atoms with van der Waals surface area (Å²) in [6.45, 7) is 3.28. The molecular weight excluding hydrogens is 266 g/mol. The first-order valence-electron chi connectivity index (χ1n) is 5.98. The molecule has 0 saturated carbocycles. The number of hydrogen-bond acceptors (Lipinski definition) is 6. The number of nitro benzene ring substituents is 1. The fourth-order valence-electron chi connectivity index (χ4n) is 1.51. The highest BCUT2D eigenvalue weighted by Crippen LogP contribution is 2.35. The van der Waals surface area contributed by atoms with E-state index in [0.717, 1.165) is 0 Å². The Morgan fingerprint density at radius 2 is 2.20 bits per heavy atom. The summed E-state index contributed by atoms with van der Waals surface area (Å²) in [4.78, 5) is 21.3. The van der Waals surface area contributed by atoms with Crippen molar-refractivity contribution in [1.29, 1.82) is 0 Å². The van der Waals surface area contributed by atoms with Gasteiger partial charge in [-0.05, 0) is 26.0 Å². The van der Waals surface area contributed by atoms with E-state index >= 15 is 0 Å². The first-order chi connectivity index (χ1) is 9.32. The van der Waals surface area contributed by atoms with Crippen molar-refractivity contribution in [2.45, 2.75) is 26.1 Å². The van der Waals surface area contributed by atoms with Crippen LogP contribution in [0.4, 0.5) is 11.4 Å². The Morgan fingerprint density at radius 3 is 2.70 bits per heavy atom. The molecule has 1 aromatic carbocycles. The molecule has 0 aliphatic heterocycles. The van der Waals surface area contributed by atoms with Crippen LogP contribution in [0.3, 0.4) is 0 Å². The second-order valence-corrected chi connectivity index (χ2v) is 4.38. The molecule has 0 aliphatic carbocycles. The molecule has 4 N–H and O–H groups in total. The van der Waals surface area contributed by atoms with Gasteiger partial charge in [-0.3, -0.25) is 14.9 Å². The van der Waals surface area contributed by atoms with Crippen LogP contribution in [0.5, 0.6) is 5.75 Å². The third-order valence-corrected chi connectivity index (χ3v) is 2.36. The zero-order valence-electron chi connectivity index (χ0n) is 11.2. The number of rotatable bonds is 7. The lowest BCUT2D eigenvalue weighted by molar-refractivity contribution is -0.385. The number of amides is 1. The topological polar surface area (TPSA) is 128 Å². The third kappa shape index (κ3) is 4.09. The fraction of sp³-hybridized carbons (Fsp3) is 0.417. The van der Waals surface area contributed by atoms with Gasteiger partial charge in [0.2, 0.25) is 5.91 Å². The summed E-state index contributed by atoms with van der Waals surface area (Å²) in [5, 5.41) is 23.0. The highest BCUT2D eigenvalue weighted by atomic mass is 16.6. The number of nitrogens with two attached hydrogens (primary N) is 1. The molecule has 1 rings (SSSR count). The zero-order chi connectivity index (χ0) is 15.3. The number of nitro groups is 1. The summed E-state index contributed by atoms with van der Waals surface area (Å²) in [7, 11) is 0. The first-order valence-corrected chi connectivity index (χ1v) is 5.98. The van der Waals surface area contributed by atoms with Crippen molar-refractivity contribution in [3.63, 3.8) is 0 Å². The Hall–Kier alpha value is -2.35. The van der Waals surface area contributed by atoms with Crippen molar-refractivity contribution in [2.24, 2.45) is 5.73 Å². The molecule has 8 heteroatoms. The van der Waals surface area contributed by atoms with Gasteiger partial charge < -0.3 is 20.9 Å². The molecule has 0 bridgehead atoms. The standard InChI is InChI=1S/C12H17N3O5/c1-7(2)20-10-5-3-4-8(11(10)15(18)19)14-6-9(16)12(13)17/h3-5,7,9,14,16H,6H2,1-2H3,(H2,13,17). The minimum Gasteiger partial charge on any atom is -0.484 e. The number of ether oxygens (including phenoxy) is 1. The maximum atomic E-state index is 11.1. The number of aliphatic hydroxyl groups excluding tert-OH is 1. The summed E-state index contributed by atoms with van der Waals surface area (Å²) >= 11 is 0. The molecule has 0 aromatic heterocycles. The average molecular weight is 283 g/mol. The maximum Gasteiger partial charge on any atom is 0.333 e. The predicted octanol–water partition coefficient (Wildman–Crippen LogP) is 0.640. The van der Waals surface area contributed by atoms with Gasteiger partial charge in [0, 0.05) is 0 Å². The van der Waals surface area contributed by atoms with Crippen LogP contribution in [-0.2, 0) is 4.79 Å². The lowest BCUT2D eigenvalue weighted by Gasteiger charge is -2.14. The minimum absolute atomic E-state index is 0.114. The summed E-state index contributed by atoms with van der Waals surface area (Å²) in [6.07, 6.45) is -1.65. The molecule has 1 amide bonds. The number of anilines is 1. The maximum absolute atomic E-state index is 11.1. The second-order valence-electron chi connectivity index (χ2n) is 4.38. The molecule has 20 heavy (non-hydrogen) atoms. The average Bonchev–Trinajstić information content (AvgIpc) is 2.34. The van der Waals surface area contributed by atoms with Crippen molar-refractivity contribution in [3.8, 4) is 5.75 Å². The van der Waals surface area contributed by atoms with E-state index in [0.29, 0.717) is 0 Å². The van der Waals surface area contributed by atoms with Crippen LogP contribution in [0.15, 0.2) is 18.2 Å². The zero-order valence-corrected chi connectivity index (χ0v) is 11.2. The van der Waals surface area contributed by atoms with Crippen LogP contribution in [0.2, 0.25) is 0 Å². The van der Waals surface area contributed by atoms with E-state index in [-0.39, 0.29) is 29.8 Å². The smallest absolute Gasteiger partial charge is 0.333 e. The van der Waals surface area contributed by atoms with E-state index in [1.165, 1.54) is 12.1 Å². The van der Waals surface area contributed by atoms with Gasteiger partial charge >= 0.3 is 5.69 Å². The van der Waals surface area contributed by atoms with Crippen molar-refractivity contribution < 1.29 is 19.6 Å². The third-order valence-electron chi connectivity index (χ3n) is 2.36. The van der Waals surface area contributed by atoms with E-state index in [9.17, 15) is 20.0 Å². The Kier molecular flexibility index (Phi) is 5.27. The fourth-order valence-corrected chi connectivity index (χ4v) is 1.51. The Balaban J connectivity index is 3.00. The van der Waals surface area contributed by atoms with Crippen LogP contribution < -0.4 is 15.8 Å². The van der Waals surface area contributed by atoms with Crippen molar-refractivity contribution in [1.82, 2.24) is 0 Å². The number of para-hydroxylation sites is 1. The number of aliphatic hydroxyl groups is 1. The highest BCUT2D eigenvalue weighted by molar-refractivity contribution is 5.79. The van der Waals surface area contributed by atoms with E-state index in [1.54, 1.807) is 19.9 Å². The van der Waals surface area contributed by atoms with E-state index < -0.39 is 16.9 Å². The molecule has 0 aliphatic rings. The van der Waals surface area contributed by atoms with Crippen LogP contribution >= 0.6 is 0 Å². The van der Waals surface area contributed by atoms with E-state index in [2.05, 4.69) is 5.32 Å². The normalized spacial score (nSPS) is 12.0. The lowest BCUT2D eigenvalue weighted by Crippen LogP contribution is -2.34. The van der Waals surface area contributed by atoms with Crippen LogP contribution in [-0.4, -0.2) is 34.7 Å². The van der Waals surface area contributed by atoms with Gasteiger partial charge in [-0.15, -0.1) is 0 Å². The van der Waals surface area contributed by atoms with Crippen molar-refractivity contribution in [3.05, 3.63) is 28.3 Å². The molecule has 1 unspecified atom stereocenters. The highest BCUT2D eigenvalue weighted by Gasteiger charge is 2.22. The molecule has 0 saturated heterocycles. The summed E-state index contributed by atoms with van der Waals surface area (Å²) < 4.78 is 5.37. The van der Waals surface area contributed by atoms with Crippen LogP contribution in [0.1, 0.15) is 13.8 Å². The van der Waals surface area contributed by atoms with Crippen LogP contribution in [0, 0.1) is 10.1 Å². The van der Waals surface area contributed by atoms with E-state index in [4.69, 9.17) is 10.5 Å². The second kappa shape index (κ2) is 6.71.